The van der Waals surface area contributed by atoms with E-state index in [9.17, 15) is 14.7 Å². The topological polar surface area (TPSA) is 63.6 Å². The van der Waals surface area contributed by atoms with Crippen LogP contribution in [0.1, 0.15) is 57.8 Å². The highest BCUT2D eigenvalue weighted by Gasteiger charge is 2.34. The standard InChI is InChI=1S/C17H24O4/c18-14(16-15(19)10-21-17(16)20)8-6-11-5-7-12-3-1-2-4-13(12)9-11/h11-13,18H,1-10H2/t11-,12+,13+/m0/s1. The zero-order chi connectivity index (χ0) is 14.8. The Morgan fingerprint density at radius 1 is 1.10 bits per heavy atom. The van der Waals surface area contributed by atoms with Crippen molar-refractivity contribution >= 4 is 11.8 Å². The fourth-order valence-corrected chi connectivity index (χ4v) is 4.37. The van der Waals surface area contributed by atoms with Crippen molar-refractivity contribution < 1.29 is 19.4 Å². The van der Waals surface area contributed by atoms with Crippen LogP contribution in [0, 0.1) is 17.8 Å². The molecule has 4 heteroatoms. The molecule has 3 atom stereocenters. The Morgan fingerprint density at radius 2 is 1.86 bits per heavy atom. The molecule has 1 aliphatic heterocycles. The second-order valence-electron chi connectivity index (χ2n) is 6.84. The van der Waals surface area contributed by atoms with Gasteiger partial charge in [0.05, 0.1) is 0 Å². The third-order valence-corrected chi connectivity index (χ3v) is 5.54. The van der Waals surface area contributed by atoms with E-state index >= 15 is 0 Å². The first kappa shape index (κ1) is 14.6. The van der Waals surface area contributed by atoms with Gasteiger partial charge in [-0.05, 0) is 37.0 Å². The lowest BCUT2D eigenvalue weighted by atomic mass is 9.67. The van der Waals surface area contributed by atoms with Crippen molar-refractivity contribution in [3.8, 4) is 0 Å². The number of aliphatic hydroxyl groups is 1. The normalized spacial score (nSPS) is 35.3. The monoisotopic (exact) mass is 292 g/mol. The molecule has 116 valence electrons. The minimum Gasteiger partial charge on any atom is -0.511 e. The quantitative estimate of drug-likeness (QED) is 0.375. The Kier molecular flexibility index (Phi) is 4.32. The number of fused-ring (bicyclic) bond motifs is 1. The summed E-state index contributed by atoms with van der Waals surface area (Å²) in [7, 11) is 0. The third kappa shape index (κ3) is 3.14. The van der Waals surface area contributed by atoms with Crippen molar-refractivity contribution in [2.24, 2.45) is 17.8 Å². The summed E-state index contributed by atoms with van der Waals surface area (Å²) in [6, 6.07) is 0. The molecule has 3 aliphatic rings. The molecule has 21 heavy (non-hydrogen) atoms. The van der Waals surface area contributed by atoms with Crippen LogP contribution in [0.4, 0.5) is 0 Å². The number of esters is 1. The van der Waals surface area contributed by atoms with Gasteiger partial charge in [0.25, 0.3) is 0 Å². The number of hydrogen-bond donors (Lipinski definition) is 1. The van der Waals surface area contributed by atoms with Gasteiger partial charge in [-0.2, -0.15) is 0 Å². The number of ether oxygens (including phenoxy) is 1. The first-order chi connectivity index (χ1) is 10.1. The van der Waals surface area contributed by atoms with E-state index in [2.05, 4.69) is 4.74 Å². The van der Waals surface area contributed by atoms with Gasteiger partial charge in [0.15, 0.2) is 6.61 Å². The van der Waals surface area contributed by atoms with Crippen molar-refractivity contribution in [3.05, 3.63) is 11.3 Å². The summed E-state index contributed by atoms with van der Waals surface area (Å²) < 4.78 is 4.66. The van der Waals surface area contributed by atoms with E-state index in [4.69, 9.17) is 0 Å². The Morgan fingerprint density at radius 3 is 2.57 bits per heavy atom. The molecule has 0 aromatic carbocycles. The molecular formula is C17H24O4. The number of aliphatic hydroxyl groups excluding tert-OH is 1. The van der Waals surface area contributed by atoms with Crippen LogP contribution in [-0.4, -0.2) is 23.5 Å². The van der Waals surface area contributed by atoms with Crippen LogP contribution in [0.2, 0.25) is 0 Å². The second-order valence-corrected chi connectivity index (χ2v) is 6.84. The fraction of sp³-hybridized carbons (Fsp3) is 0.765. The summed E-state index contributed by atoms with van der Waals surface area (Å²) in [5.74, 6) is 1.31. The van der Waals surface area contributed by atoms with Gasteiger partial charge in [0, 0.05) is 6.42 Å². The largest absolute Gasteiger partial charge is 0.511 e. The van der Waals surface area contributed by atoms with Crippen LogP contribution in [0.3, 0.4) is 0 Å². The molecule has 2 aliphatic carbocycles. The average molecular weight is 292 g/mol. The highest BCUT2D eigenvalue weighted by Crippen LogP contribution is 2.44. The van der Waals surface area contributed by atoms with Crippen LogP contribution < -0.4 is 0 Å². The Labute approximate surface area is 125 Å². The van der Waals surface area contributed by atoms with E-state index in [0.29, 0.717) is 12.3 Å². The van der Waals surface area contributed by atoms with Gasteiger partial charge in [0.2, 0.25) is 5.78 Å². The molecule has 0 radical (unpaired) electrons. The van der Waals surface area contributed by atoms with Gasteiger partial charge in [-0.15, -0.1) is 0 Å². The predicted molar refractivity (Wildman–Crippen MR) is 77.6 cm³/mol. The summed E-state index contributed by atoms with van der Waals surface area (Å²) in [6.07, 6.45) is 10.6. The van der Waals surface area contributed by atoms with Gasteiger partial charge < -0.3 is 9.84 Å². The molecule has 0 amide bonds. The molecule has 1 heterocycles. The molecule has 4 nitrogen and oxygen atoms in total. The van der Waals surface area contributed by atoms with Gasteiger partial charge in [-0.1, -0.05) is 32.1 Å². The van der Waals surface area contributed by atoms with E-state index in [-0.39, 0.29) is 23.7 Å². The number of ketones is 1. The minimum atomic E-state index is -0.659. The number of hydrogen-bond acceptors (Lipinski definition) is 4. The van der Waals surface area contributed by atoms with E-state index in [0.717, 1.165) is 18.3 Å². The van der Waals surface area contributed by atoms with Crippen molar-refractivity contribution in [2.75, 3.05) is 6.61 Å². The molecule has 1 saturated heterocycles. The van der Waals surface area contributed by atoms with Gasteiger partial charge >= 0.3 is 5.97 Å². The van der Waals surface area contributed by atoms with Crippen molar-refractivity contribution in [2.45, 2.75) is 57.8 Å². The van der Waals surface area contributed by atoms with Crippen LogP contribution >= 0.6 is 0 Å². The number of Topliss-reactive ketones (excluding diaryl/α,β-unsaturated/α-hetero) is 1. The van der Waals surface area contributed by atoms with E-state index in [1.165, 1.54) is 44.9 Å². The predicted octanol–water partition coefficient (Wildman–Crippen LogP) is 3.31. The van der Waals surface area contributed by atoms with E-state index in [1.54, 1.807) is 0 Å². The molecule has 1 N–H and O–H groups in total. The van der Waals surface area contributed by atoms with Crippen LogP contribution in [0.15, 0.2) is 11.3 Å². The van der Waals surface area contributed by atoms with E-state index < -0.39 is 5.97 Å². The lowest BCUT2D eigenvalue weighted by Gasteiger charge is -2.39. The number of rotatable bonds is 3. The smallest absolute Gasteiger partial charge is 0.345 e. The Bertz CT molecular complexity index is 447. The molecule has 3 fully saturated rings. The molecule has 0 aromatic heterocycles. The van der Waals surface area contributed by atoms with Crippen LogP contribution in [-0.2, 0) is 14.3 Å². The lowest BCUT2D eigenvalue weighted by molar-refractivity contribution is -0.135. The summed E-state index contributed by atoms with van der Waals surface area (Å²) in [4.78, 5) is 22.9. The van der Waals surface area contributed by atoms with Crippen molar-refractivity contribution in [1.29, 1.82) is 0 Å². The Balaban J connectivity index is 1.54. The Hall–Kier alpha value is -1.32. The summed E-state index contributed by atoms with van der Waals surface area (Å²) in [5, 5.41) is 10.0. The molecule has 0 spiro atoms. The number of cyclic esters (lactones) is 1. The average Bonchev–Trinajstić information content (AvgIpc) is 2.84. The molecule has 0 unspecified atom stereocenters. The zero-order valence-electron chi connectivity index (χ0n) is 12.5. The molecule has 3 rings (SSSR count). The number of allylic oxidation sites excluding steroid dienone is 1. The SMILES string of the molecule is O=C1COC(=O)C1=C(O)CC[C@@H]1CC[C@H]2CCCC[C@@H]2C1. The summed E-state index contributed by atoms with van der Waals surface area (Å²) in [5.41, 5.74) is -0.110. The molecule has 0 bridgehead atoms. The maximum atomic E-state index is 11.5. The third-order valence-electron chi connectivity index (χ3n) is 5.54. The first-order valence-corrected chi connectivity index (χ1v) is 8.27. The molecule has 0 aromatic rings. The van der Waals surface area contributed by atoms with Crippen molar-refractivity contribution in [1.82, 2.24) is 0 Å². The van der Waals surface area contributed by atoms with Crippen molar-refractivity contribution in [3.63, 3.8) is 0 Å². The maximum absolute atomic E-state index is 11.5. The van der Waals surface area contributed by atoms with E-state index in [1.807, 2.05) is 0 Å². The van der Waals surface area contributed by atoms with Gasteiger partial charge in [-0.25, -0.2) is 4.79 Å². The maximum Gasteiger partial charge on any atom is 0.345 e. The molecular weight excluding hydrogens is 268 g/mol. The first-order valence-electron chi connectivity index (χ1n) is 8.27. The second kappa shape index (κ2) is 6.20. The number of carbonyl (C=O) groups excluding carboxylic acids is 2. The van der Waals surface area contributed by atoms with Gasteiger partial charge in [0.1, 0.15) is 11.3 Å². The lowest BCUT2D eigenvalue weighted by Crippen LogP contribution is -2.27. The highest BCUT2D eigenvalue weighted by molar-refractivity contribution is 6.22. The molecule has 2 saturated carbocycles. The highest BCUT2D eigenvalue weighted by atomic mass is 16.5. The fourth-order valence-electron chi connectivity index (χ4n) is 4.37. The summed E-state index contributed by atoms with van der Waals surface area (Å²) in [6.45, 7) is -0.217. The summed E-state index contributed by atoms with van der Waals surface area (Å²) >= 11 is 0. The van der Waals surface area contributed by atoms with Crippen LogP contribution in [0.5, 0.6) is 0 Å². The number of carbonyl (C=O) groups is 2. The van der Waals surface area contributed by atoms with Crippen LogP contribution in [0.25, 0.3) is 0 Å². The van der Waals surface area contributed by atoms with Gasteiger partial charge in [-0.3, -0.25) is 4.79 Å². The zero-order valence-corrected chi connectivity index (χ0v) is 12.5. The minimum absolute atomic E-state index is 0.0618.